The minimum absolute atomic E-state index is 0.0973. The number of hydrogen-bond acceptors (Lipinski definition) is 3. The van der Waals surface area contributed by atoms with Gasteiger partial charge in [0.2, 0.25) is 0 Å². The molecule has 0 unspecified atom stereocenters. The zero-order valence-corrected chi connectivity index (χ0v) is 9.58. The van der Waals surface area contributed by atoms with Gasteiger partial charge in [-0.05, 0) is 24.3 Å². The Bertz CT molecular complexity index is 293. The summed E-state index contributed by atoms with van der Waals surface area (Å²) in [7, 11) is 1.65. The molecule has 0 heterocycles. The third-order valence-corrected chi connectivity index (χ3v) is 2.29. The molecule has 0 aromatic heterocycles. The van der Waals surface area contributed by atoms with Gasteiger partial charge in [-0.2, -0.15) is 0 Å². The molecule has 0 aliphatic carbocycles. The maximum atomic E-state index is 9.09. The van der Waals surface area contributed by atoms with Crippen molar-refractivity contribution in [3.63, 3.8) is 0 Å². The van der Waals surface area contributed by atoms with E-state index in [0.717, 1.165) is 18.0 Å². The number of benzene rings is 1. The summed E-state index contributed by atoms with van der Waals surface area (Å²) in [6.07, 6.45) is 0. The van der Waals surface area contributed by atoms with Crippen LogP contribution in [0.25, 0.3) is 0 Å². The first kappa shape index (κ1) is 11.9. The number of aliphatic hydroxyl groups excluding tert-OH is 1. The second-order valence-corrected chi connectivity index (χ2v) is 4.40. The maximum Gasteiger partial charge on any atom is 0.119 e. The van der Waals surface area contributed by atoms with Crippen LogP contribution < -0.4 is 10.1 Å². The average Bonchev–Trinajstić information content (AvgIpc) is 2.27. The summed E-state index contributed by atoms with van der Waals surface area (Å²) in [4.78, 5) is 0. The van der Waals surface area contributed by atoms with E-state index in [4.69, 9.17) is 9.84 Å². The van der Waals surface area contributed by atoms with E-state index in [1.807, 2.05) is 38.1 Å². The molecule has 2 N–H and O–H groups in total. The molecule has 0 saturated heterocycles. The number of rotatable bonds is 5. The molecule has 84 valence electrons. The highest BCUT2D eigenvalue weighted by Crippen LogP contribution is 2.18. The van der Waals surface area contributed by atoms with Crippen molar-refractivity contribution in [2.45, 2.75) is 13.8 Å². The molecule has 1 aromatic carbocycles. The second kappa shape index (κ2) is 5.03. The van der Waals surface area contributed by atoms with Crippen LogP contribution >= 0.6 is 0 Å². The minimum atomic E-state index is -0.0973. The standard InChI is InChI=1S/C12H19NO2/c1-12(2,9-14)8-13-10-4-6-11(15-3)7-5-10/h4-7,13-14H,8-9H2,1-3H3. The number of methoxy groups -OCH3 is 1. The number of nitrogens with one attached hydrogen (secondary N) is 1. The number of hydrogen-bond donors (Lipinski definition) is 2. The zero-order chi connectivity index (χ0) is 11.3. The van der Waals surface area contributed by atoms with Crippen LogP contribution in [-0.2, 0) is 0 Å². The van der Waals surface area contributed by atoms with E-state index >= 15 is 0 Å². The first-order valence-corrected chi connectivity index (χ1v) is 5.06. The van der Waals surface area contributed by atoms with E-state index in [1.54, 1.807) is 7.11 Å². The van der Waals surface area contributed by atoms with Gasteiger partial charge in [0.25, 0.3) is 0 Å². The van der Waals surface area contributed by atoms with Crippen molar-refractivity contribution < 1.29 is 9.84 Å². The average molecular weight is 209 g/mol. The lowest BCUT2D eigenvalue weighted by Crippen LogP contribution is -2.26. The Kier molecular flexibility index (Phi) is 3.97. The van der Waals surface area contributed by atoms with Gasteiger partial charge in [0.05, 0.1) is 7.11 Å². The summed E-state index contributed by atoms with van der Waals surface area (Å²) in [5.41, 5.74) is 0.942. The predicted octanol–water partition coefficient (Wildman–Crippen LogP) is 2.13. The summed E-state index contributed by atoms with van der Waals surface area (Å²) in [6.45, 7) is 4.96. The van der Waals surface area contributed by atoms with Crippen LogP contribution in [0.3, 0.4) is 0 Å². The van der Waals surface area contributed by atoms with Crippen LogP contribution in [0.1, 0.15) is 13.8 Å². The summed E-state index contributed by atoms with van der Waals surface area (Å²) in [5, 5.41) is 12.4. The van der Waals surface area contributed by atoms with Gasteiger partial charge in [-0.25, -0.2) is 0 Å². The Labute approximate surface area is 91.1 Å². The van der Waals surface area contributed by atoms with Crippen LogP contribution in [0.2, 0.25) is 0 Å². The third-order valence-electron chi connectivity index (χ3n) is 2.29. The third kappa shape index (κ3) is 3.80. The number of ether oxygens (including phenoxy) is 1. The molecule has 0 aliphatic heterocycles. The SMILES string of the molecule is COc1ccc(NCC(C)(C)CO)cc1. The monoisotopic (exact) mass is 209 g/mol. The normalized spacial score (nSPS) is 11.2. The van der Waals surface area contributed by atoms with Gasteiger partial charge in [0.1, 0.15) is 5.75 Å². The zero-order valence-electron chi connectivity index (χ0n) is 9.58. The number of anilines is 1. The van der Waals surface area contributed by atoms with Crippen molar-refractivity contribution in [3.8, 4) is 5.75 Å². The van der Waals surface area contributed by atoms with E-state index in [2.05, 4.69) is 5.32 Å². The molecule has 3 nitrogen and oxygen atoms in total. The van der Waals surface area contributed by atoms with Crippen molar-refractivity contribution >= 4 is 5.69 Å². The van der Waals surface area contributed by atoms with E-state index in [0.29, 0.717) is 0 Å². The lowest BCUT2D eigenvalue weighted by molar-refractivity contribution is 0.171. The molecule has 0 saturated carbocycles. The highest BCUT2D eigenvalue weighted by Gasteiger charge is 2.15. The van der Waals surface area contributed by atoms with Crippen molar-refractivity contribution in [1.29, 1.82) is 0 Å². The molecule has 0 bridgehead atoms. The van der Waals surface area contributed by atoms with Crippen molar-refractivity contribution in [2.75, 3.05) is 25.6 Å². The van der Waals surface area contributed by atoms with Gasteiger partial charge in [-0.15, -0.1) is 0 Å². The van der Waals surface area contributed by atoms with Crippen LogP contribution in [0, 0.1) is 5.41 Å². The number of aliphatic hydroxyl groups is 1. The molecule has 0 amide bonds. The van der Waals surface area contributed by atoms with Crippen LogP contribution in [-0.4, -0.2) is 25.4 Å². The molecule has 0 fully saturated rings. The minimum Gasteiger partial charge on any atom is -0.497 e. The van der Waals surface area contributed by atoms with Crippen LogP contribution in [0.15, 0.2) is 24.3 Å². The van der Waals surface area contributed by atoms with Gasteiger partial charge < -0.3 is 15.2 Å². The van der Waals surface area contributed by atoms with Gasteiger partial charge in [-0.1, -0.05) is 13.8 Å². The molecule has 15 heavy (non-hydrogen) atoms. The molecule has 3 heteroatoms. The Morgan fingerprint density at radius 3 is 2.33 bits per heavy atom. The fourth-order valence-electron chi connectivity index (χ4n) is 1.11. The molecule has 1 rings (SSSR count). The first-order valence-electron chi connectivity index (χ1n) is 5.06. The molecule has 0 atom stereocenters. The molecule has 1 aromatic rings. The van der Waals surface area contributed by atoms with E-state index < -0.39 is 0 Å². The lowest BCUT2D eigenvalue weighted by atomic mass is 9.95. The summed E-state index contributed by atoms with van der Waals surface area (Å²) in [6, 6.07) is 7.75. The van der Waals surface area contributed by atoms with Crippen LogP contribution in [0.4, 0.5) is 5.69 Å². The van der Waals surface area contributed by atoms with Crippen molar-refractivity contribution in [2.24, 2.45) is 5.41 Å². The molecule has 0 spiro atoms. The molecule has 0 radical (unpaired) electrons. The van der Waals surface area contributed by atoms with Gasteiger partial charge >= 0.3 is 0 Å². The Morgan fingerprint density at radius 2 is 1.87 bits per heavy atom. The quantitative estimate of drug-likeness (QED) is 0.780. The van der Waals surface area contributed by atoms with Gasteiger partial charge in [0.15, 0.2) is 0 Å². The second-order valence-electron chi connectivity index (χ2n) is 4.40. The Hall–Kier alpha value is -1.22. The van der Waals surface area contributed by atoms with Crippen LogP contribution in [0.5, 0.6) is 5.75 Å². The fraction of sp³-hybridized carbons (Fsp3) is 0.500. The highest BCUT2D eigenvalue weighted by molar-refractivity contribution is 5.46. The smallest absolute Gasteiger partial charge is 0.119 e. The fourth-order valence-corrected chi connectivity index (χ4v) is 1.11. The summed E-state index contributed by atoms with van der Waals surface area (Å²) >= 11 is 0. The molecular weight excluding hydrogens is 190 g/mol. The Morgan fingerprint density at radius 1 is 1.27 bits per heavy atom. The first-order chi connectivity index (χ1) is 7.07. The highest BCUT2D eigenvalue weighted by atomic mass is 16.5. The summed E-state index contributed by atoms with van der Waals surface area (Å²) < 4.78 is 5.07. The summed E-state index contributed by atoms with van der Waals surface area (Å²) in [5.74, 6) is 0.849. The van der Waals surface area contributed by atoms with Gasteiger partial charge in [0, 0.05) is 24.3 Å². The molecular formula is C12H19NO2. The van der Waals surface area contributed by atoms with E-state index in [-0.39, 0.29) is 12.0 Å². The van der Waals surface area contributed by atoms with Crippen molar-refractivity contribution in [1.82, 2.24) is 0 Å². The largest absolute Gasteiger partial charge is 0.497 e. The van der Waals surface area contributed by atoms with E-state index in [9.17, 15) is 0 Å². The predicted molar refractivity (Wildman–Crippen MR) is 62.4 cm³/mol. The van der Waals surface area contributed by atoms with Gasteiger partial charge in [-0.3, -0.25) is 0 Å². The maximum absolute atomic E-state index is 9.09. The lowest BCUT2D eigenvalue weighted by Gasteiger charge is -2.22. The van der Waals surface area contributed by atoms with Crippen molar-refractivity contribution in [3.05, 3.63) is 24.3 Å². The molecule has 0 aliphatic rings. The topological polar surface area (TPSA) is 41.5 Å². The Balaban J connectivity index is 2.51. The van der Waals surface area contributed by atoms with E-state index in [1.165, 1.54) is 0 Å².